The number of carbonyl (C=O) groups excluding carboxylic acids is 1. The largest absolute Gasteiger partial charge is 0.339 e. The molecule has 114 valence electrons. The van der Waals surface area contributed by atoms with Crippen LogP contribution in [0.25, 0.3) is 0 Å². The summed E-state index contributed by atoms with van der Waals surface area (Å²) in [5.74, 6) is 0.521. The average molecular weight is 317 g/mol. The number of rotatable bonds is 3. The topological polar surface area (TPSA) is 58.1 Å². The summed E-state index contributed by atoms with van der Waals surface area (Å²) in [7, 11) is 0. The van der Waals surface area contributed by atoms with Crippen LogP contribution in [-0.4, -0.2) is 33.9 Å². The number of amides is 1. The molecule has 0 bridgehead atoms. The van der Waals surface area contributed by atoms with E-state index in [4.69, 9.17) is 11.6 Å². The van der Waals surface area contributed by atoms with Gasteiger partial charge >= 0.3 is 0 Å². The molecule has 0 atom stereocenters. The minimum atomic E-state index is -0.0377. The summed E-state index contributed by atoms with van der Waals surface area (Å²) in [6.45, 7) is 1.60. The first kappa shape index (κ1) is 14.8. The minimum absolute atomic E-state index is 0.0377. The van der Waals surface area contributed by atoms with E-state index < -0.39 is 0 Å². The summed E-state index contributed by atoms with van der Waals surface area (Å²) < 4.78 is 0. The van der Waals surface area contributed by atoms with Crippen LogP contribution in [0.5, 0.6) is 0 Å². The van der Waals surface area contributed by atoms with Gasteiger partial charge in [-0.05, 0) is 31.4 Å². The summed E-state index contributed by atoms with van der Waals surface area (Å²) in [6.07, 6.45) is 4.70. The van der Waals surface area contributed by atoms with Crippen molar-refractivity contribution in [3.63, 3.8) is 0 Å². The lowest BCUT2D eigenvalue weighted by Crippen LogP contribution is -2.36. The van der Waals surface area contributed by atoms with Crippen LogP contribution >= 0.6 is 11.6 Å². The van der Waals surface area contributed by atoms with Gasteiger partial charge in [0.25, 0.3) is 5.91 Å². The molecule has 1 aromatic heterocycles. The van der Waals surface area contributed by atoms with Crippen LogP contribution in [0.3, 0.4) is 0 Å². The molecule has 1 aliphatic rings. The SMILES string of the molecule is O=C(c1cc(Nc2ccccc2Cl)ncn1)N1CCCCC1. The summed E-state index contributed by atoms with van der Waals surface area (Å²) in [5, 5.41) is 3.72. The smallest absolute Gasteiger partial charge is 0.272 e. The molecule has 6 heteroatoms. The Bertz CT molecular complexity index is 671. The van der Waals surface area contributed by atoms with Gasteiger partial charge < -0.3 is 10.2 Å². The Labute approximate surface area is 134 Å². The summed E-state index contributed by atoms with van der Waals surface area (Å²) >= 11 is 6.12. The zero-order valence-electron chi connectivity index (χ0n) is 12.1. The summed E-state index contributed by atoms with van der Waals surface area (Å²) in [4.78, 5) is 22.6. The van der Waals surface area contributed by atoms with Crippen LogP contribution in [0.15, 0.2) is 36.7 Å². The van der Waals surface area contributed by atoms with E-state index in [9.17, 15) is 4.79 Å². The van der Waals surface area contributed by atoms with E-state index in [1.807, 2.05) is 23.1 Å². The number of hydrogen-bond donors (Lipinski definition) is 1. The van der Waals surface area contributed by atoms with Crippen LogP contribution in [0.2, 0.25) is 5.02 Å². The normalized spacial score (nSPS) is 14.7. The molecule has 5 nitrogen and oxygen atoms in total. The molecule has 2 aromatic rings. The molecule has 1 aromatic carbocycles. The maximum absolute atomic E-state index is 12.5. The van der Waals surface area contributed by atoms with Gasteiger partial charge in [-0.1, -0.05) is 23.7 Å². The highest BCUT2D eigenvalue weighted by molar-refractivity contribution is 6.33. The van der Waals surface area contributed by atoms with Gasteiger partial charge in [0.15, 0.2) is 0 Å². The Kier molecular flexibility index (Phi) is 4.53. The van der Waals surface area contributed by atoms with Crippen molar-refractivity contribution in [3.8, 4) is 0 Å². The van der Waals surface area contributed by atoms with Crippen LogP contribution in [0.4, 0.5) is 11.5 Å². The van der Waals surface area contributed by atoms with Crippen molar-refractivity contribution in [2.45, 2.75) is 19.3 Å². The van der Waals surface area contributed by atoms with Gasteiger partial charge in [0.2, 0.25) is 0 Å². The molecule has 1 fully saturated rings. The fourth-order valence-corrected chi connectivity index (χ4v) is 2.69. The first-order chi connectivity index (χ1) is 10.7. The number of nitrogens with one attached hydrogen (secondary N) is 1. The van der Waals surface area contributed by atoms with Crippen molar-refractivity contribution in [2.24, 2.45) is 0 Å². The third kappa shape index (κ3) is 3.36. The number of anilines is 2. The second-order valence-corrected chi connectivity index (χ2v) is 5.65. The van der Waals surface area contributed by atoms with Crippen LogP contribution in [0.1, 0.15) is 29.8 Å². The highest BCUT2D eigenvalue weighted by Gasteiger charge is 2.19. The first-order valence-electron chi connectivity index (χ1n) is 7.37. The lowest BCUT2D eigenvalue weighted by molar-refractivity contribution is 0.0718. The van der Waals surface area contributed by atoms with Gasteiger partial charge in [0, 0.05) is 19.2 Å². The van der Waals surface area contributed by atoms with Gasteiger partial charge in [-0.3, -0.25) is 4.79 Å². The number of likely N-dealkylation sites (tertiary alicyclic amines) is 1. The van der Waals surface area contributed by atoms with E-state index in [1.165, 1.54) is 12.7 Å². The number of aromatic nitrogens is 2. The lowest BCUT2D eigenvalue weighted by atomic mass is 10.1. The Morgan fingerprint density at radius 1 is 1.14 bits per heavy atom. The number of carbonyl (C=O) groups is 1. The summed E-state index contributed by atoms with van der Waals surface area (Å²) in [6, 6.07) is 9.07. The van der Waals surface area contributed by atoms with E-state index in [0.717, 1.165) is 31.6 Å². The Hall–Kier alpha value is -2.14. The average Bonchev–Trinajstić information content (AvgIpc) is 2.57. The Morgan fingerprint density at radius 3 is 2.68 bits per heavy atom. The fraction of sp³-hybridized carbons (Fsp3) is 0.312. The number of piperidine rings is 1. The minimum Gasteiger partial charge on any atom is -0.339 e. The molecule has 1 N–H and O–H groups in total. The molecule has 0 aliphatic carbocycles. The van der Waals surface area contributed by atoms with E-state index in [0.29, 0.717) is 16.5 Å². The maximum Gasteiger partial charge on any atom is 0.272 e. The molecule has 1 aliphatic heterocycles. The second-order valence-electron chi connectivity index (χ2n) is 5.25. The third-order valence-electron chi connectivity index (χ3n) is 3.67. The molecule has 0 unspecified atom stereocenters. The van der Waals surface area contributed by atoms with Gasteiger partial charge in [-0.15, -0.1) is 0 Å². The molecular weight excluding hydrogens is 300 g/mol. The van der Waals surface area contributed by atoms with Crippen molar-refractivity contribution in [1.29, 1.82) is 0 Å². The Morgan fingerprint density at radius 2 is 1.91 bits per heavy atom. The van der Waals surface area contributed by atoms with Crippen LogP contribution in [0, 0.1) is 0 Å². The van der Waals surface area contributed by atoms with Gasteiger partial charge in [0.05, 0.1) is 10.7 Å². The first-order valence-corrected chi connectivity index (χ1v) is 7.75. The van der Waals surface area contributed by atoms with E-state index in [-0.39, 0.29) is 5.91 Å². The maximum atomic E-state index is 12.5. The van der Waals surface area contributed by atoms with Gasteiger partial charge in [-0.25, -0.2) is 9.97 Å². The third-order valence-corrected chi connectivity index (χ3v) is 4.00. The molecule has 22 heavy (non-hydrogen) atoms. The number of hydrogen-bond acceptors (Lipinski definition) is 4. The van der Waals surface area contributed by atoms with E-state index >= 15 is 0 Å². The van der Waals surface area contributed by atoms with Gasteiger partial charge in [-0.2, -0.15) is 0 Å². The molecule has 2 heterocycles. The molecule has 1 amide bonds. The van der Waals surface area contributed by atoms with Crippen molar-refractivity contribution in [1.82, 2.24) is 14.9 Å². The van der Waals surface area contributed by atoms with Crippen LogP contribution < -0.4 is 5.32 Å². The molecule has 0 saturated carbocycles. The predicted molar refractivity (Wildman–Crippen MR) is 86.5 cm³/mol. The number of nitrogens with zero attached hydrogens (tertiary/aromatic N) is 3. The molecule has 3 rings (SSSR count). The predicted octanol–water partition coefficient (Wildman–Crippen LogP) is 3.50. The zero-order chi connectivity index (χ0) is 15.4. The number of benzene rings is 1. The zero-order valence-corrected chi connectivity index (χ0v) is 12.9. The lowest BCUT2D eigenvalue weighted by Gasteiger charge is -2.26. The van der Waals surface area contributed by atoms with Gasteiger partial charge in [0.1, 0.15) is 17.8 Å². The standard InChI is InChI=1S/C16H17ClN4O/c17-12-6-2-3-7-13(12)20-15-10-14(18-11-19-15)16(22)21-8-4-1-5-9-21/h2-3,6-7,10-11H,1,4-5,8-9H2,(H,18,19,20). The van der Waals surface area contributed by atoms with Crippen molar-refractivity contribution in [3.05, 3.63) is 47.4 Å². The fourth-order valence-electron chi connectivity index (χ4n) is 2.50. The van der Waals surface area contributed by atoms with E-state index in [1.54, 1.807) is 12.1 Å². The Balaban J connectivity index is 1.77. The van der Waals surface area contributed by atoms with Crippen molar-refractivity contribution >= 4 is 29.0 Å². The van der Waals surface area contributed by atoms with Crippen molar-refractivity contribution < 1.29 is 4.79 Å². The highest BCUT2D eigenvalue weighted by Crippen LogP contribution is 2.24. The van der Waals surface area contributed by atoms with Crippen LogP contribution in [-0.2, 0) is 0 Å². The van der Waals surface area contributed by atoms with E-state index in [2.05, 4.69) is 15.3 Å². The van der Waals surface area contributed by atoms with Crippen molar-refractivity contribution in [2.75, 3.05) is 18.4 Å². The number of para-hydroxylation sites is 1. The second kappa shape index (κ2) is 6.75. The molecule has 0 radical (unpaired) electrons. The monoisotopic (exact) mass is 316 g/mol. The highest BCUT2D eigenvalue weighted by atomic mass is 35.5. The molecular formula is C16H17ClN4O. The summed E-state index contributed by atoms with van der Waals surface area (Å²) in [5.41, 5.74) is 1.16. The molecule has 1 saturated heterocycles. The number of halogens is 1. The molecule has 0 spiro atoms. The quantitative estimate of drug-likeness (QED) is 0.941.